The van der Waals surface area contributed by atoms with Crippen molar-refractivity contribution in [3.8, 4) is 0 Å². The maximum atomic E-state index is 3.51. The van der Waals surface area contributed by atoms with Crippen LogP contribution in [0.2, 0.25) is 0 Å². The molecule has 1 aromatic heterocycles. The van der Waals surface area contributed by atoms with Crippen LogP contribution < -0.4 is 5.32 Å². The number of halogens is 1. The minimum absolute atomic E-state index is 0.873. The summed E-state index contributed by atoms with van der Waals surface area (Å²) in [5.74, 6) is 0. The second-order valence-electron chi connectivity index (χ2n) is 4.58. The highest BCUT2D eigenvalue weighted by Crippen LogP contribution is 2.20. The first-order valence-electron chi connectivity index (χ1n) is 6.33. The van der Waals surface area contributed by atoms with Gasteiger partial charge in [-0.25, -0.2) is 0 Å². The summed E-state index contributed by atoms with van der Waals surface area (Å²) in [4.78, 5) is 0. The van der Waals surface area contributed by atoms with Crippen LogP contribution in [0.25, 0.3) is 0 Å². The lowest BCUT2D eigenvalue weighted by Gasteiger charge is -2.07. The van der Waals surface area contributed by atoms with Crippen LogP contribution in [-0.4, -0.2) is 4.57 Å². The van der Waals surface area contributed by atoms with Gasteiger partial charge >= 0.3 is 0 Å². The molecule has 0 amide bonds. The molecule has 0 unspecified atom stereocenters. The zero-order chi connectivity index (χ0) is 13.0. The highest BCUT2D eigenvalue weighted by atomic mass is 79.9. The summed E-state index contributed by atoms with van der Waals surface area (Å²) in [7, 11) is 0. The molecule has 1 N–H and O–H groups in total. The van der Waals surface area contributed by atoms with E-state index in [4.69, 9.17) is 0 Å². The van der Waals surface area contributed by atoms with Gasteiger partial charge < -0.3 is 9.88 Å². The van der Waals surface area contributed by atoms with Gasteiger partial charge in [0.15, 0.2) is 0 Å². The molecule has 0 spiro atoms. The van der Waals surface area contributed by atoms with Gasteiger partial charge in [0.25, 0.3) is 0 Å². The summed E-state index contributed by atoms with van der Waals surface area (Å²) >= 11 is 3.51. The van der Waals surface area contributed by atoms with Crippen molar-refractivity contribution in [1.82, 2.24) is 4.57 Å². The summed E-state index contributed by atoms with van der Waals surface area (Å²) in [6.45, 7) is 6.27. The number of anilines is 1. The van der Waals surface area contributed by atoms with Gasteiger partial charge in [-0.2, -0.15) is 0 Å². The molecule has 18 heavy (non-hydrogen) atoms. The van der Waals surface area contributed by atoms with Crippen LogP contribution in [0.15, 0.2) is 41.1 Å². The summed E-state index contributed by atoms with van der Waals surface area (Å²) in [6.07, 6.45) is 5.53. The van der Waals surface area contributed by atoms with E-state index in [9.17, 15) is 0 Å². The molecule has 0 atom stereocenters. The zero-order valence-corrected chi connectivity index (χ0v) is 12.5. The van der Waals surface area contributed by atoms with Gasteiger partial charge in [-0.15, -0.1) is 0 Å². The van der Waals surface area contributed by atoms with Gasteiger partial charge in [0, 0.05) is 35.6 Å². The molecule has 1 aromatic carbocycles. The lowest BCUT2D eigenvalue weighted by atomic mass is 10.2. The number of aryl methyl sites for hydroxylation is 2. The van der Waals surface area contributed by atoms with Crippen LogP contribution in [-0.2, 0) is 13.1 Å². The monoisotopic (exact) mass is 306 g/mol. The Hall–Kier alpha value is -1.22. The van der Waals surface area contributed by atoms with E-state index in [0.29, 0.717) is 0 Å². The Morgan fingerprint density at radius 1 is 1.28 bits per heavy atom. The fourth-order valence-corrected chi connectivity index (χ4v) is 2.20. The van der Waals surface area contributed by atoms with Crippen LogP contribution in [0.5, 0.6) is 0 Å². The van der Waals surface area contributed by atoms with Gasteiger partial charge in [0.1, 0.15) is 0 Å². The molecule has 0 aliphatic heterocycles. The number of aromatic nitrogens is 1. The van der Waals surface area contributed by atoms with Crippen LogP contribution in [0.3, 0.4) is 0 Å². The lowest BCUT2D eigenvalue weighted by molar-refractivity contribution is 0.682. The van der Waals surface area contributed by atoms with Gasteiger partial charge in [-0.1, -0.05) is 22.9 Å². The van der Waals surface area contributed by atoms with E-state index in [1.165, 1.54) is 23.2 Å². The summed E-state index contributed by atoms with van der Waals surface area (Å²) in [5, 5.41) is 3.45. The molecular weight excluding hydrogens is 288 g/mol. The predicted octanol–water partition coefficient (Wildman–Crippen LogP) is 4.58. The minimum Gasteiger partial charge on any atom is -0.381 e. The third kappa shape index (κ3) is 3.39. The SMILES string of the molecule is CCCn1ccc(CNc2ccc(Br)c(C)c2)c1. The Balaban J connectivity index is 1.95. The average Bonchev–Trinajstić information content (AvgIpc) is 2.79. The zero-order valence-electron chi connectivity index (χ0n) is 10.9. The van der Waals surface area contributed by atoms with Crippen LogP contribution in [0, 0.1) is 6.92 Å². The number of hydrogen-bond donors (Lipinski definition) is 1. The van der Waals surface area contributed by atoms with E-state index in [1.807, 2.05) is 0 Å². The fourth-order valence-electron chi connectivity index (χ4n) is 1.95. The average molecular weight is 307 g/mol. The lowest BCUT2D eigenvalue weighted by Crippen LogP contribution is -1.99. The molecule has 0 saturated heterocycles. The predicted molar refractivity (Wildman–Crippen MR) is 80.9 cm³/mol. The molecule has 0 saturated carbocycles. The topological polar surface area (TPSA) is 17.0 Å². The third-order valence-corrected chi connectivity index (χ3v) is 3.84. The van der Waals surface area contributed by atoms with E-state index in [1.54, 1.807) is 0 Å². The summed E-state index contributed by atoms with van der Waals surface area (Å²) < 4.78 is 3.39. The molecule has 0 aliphatic rings. The van der Waals surface area contributed by atoms with E-state index in [0.717, 1.165) is 17.6 Å². The number of nitrogens with one attached hydrogen (secondary N) is 1. The normalized spacial score (nSPS) is 10.6. The number of nitrogens with zero attached hydrogens (tertiary/aromatic N) is 1. The van der Waals surface area contributed by atoms with Crippen molar-refractivity contribution < 1.29 is 0 Å². The molecular formula is C15H19BrN2. The van der Waals surface area contributed by atoms with Crippen molar-refractivity contribution in [2.24, 2.45) is 0 Å². The molecule has 0 radical (unpaired) electrons. The molecule has 1 heterocycles. The Bertz CT molecular complexity index is 517. The van der Waals surface area contributed by atoms with Crippen LogP contribution >= 0.6 is 15.9 Å². The van der Waals surface area contributed by atoms with Crippen LogP contribution in [0.1, 0.15) is 24.5 Å². The van der Waals surface area contributed by atoms with Crippen molar-refractivity contribution in [1.29, 1.82) is 0 Å². The second-order valence-corrected chi connectivity index (χ2v) is 5.43. The molecule has 0 aliphatic carbocycles. The Morgan fingerprint density at radius 3 is 2.83 bits per heavy atom. The van der Waals surface area contributed by atoms with Crippen molar-refractivity contribution >= 4 is 21.6 Å². The van der Waals surface area contributed by atoms with Crippen molar-refractivity contribution in [2.45, 2.75) is 33.4 Å². The molecule has 0 bridgehead atoms. The van der Waals surface area contributed by atoms with E-state index >= 15 is 0 Å². The van der Waals surface area contributed by atoms with E-state index in [-0.39, 0.29) is 0 Å². The molecule has 96 valence electrons. The number of benzene rings is 1. The van der Waals surface area contributed by atoms with Gasteiger partial charge in [-0.3, -0.25) is 0 Å². The van der Waals surface area contributed by atoms with Gasteiger partial charge in [-0.05, 0) is 48.7 Å². The molecule has 0 fully saturated rings. The quantitative estimate of drug-likeness (QED) is 0.855. The molecule has 2 aromatic rings. The van der Waals surface area contributed by atoms with E-state index < -0.39 is 0 Å². The molecule has 2 rings (SSSR count). The Labute approximate surface area is 117 Å². The second kappa shape index (κ2) is 6.10. The maximum absolute atomic E-state index is 3.51. The first-order valence-corrected chi connectivity index (χ1v) is 7.13. The smallest absolute Gasteiger partial charge is 0.0415 e. The largest absolute Gasteiger partial charge is 0.381 e. The summed E-state index contributed by atoms with van der Waals surface area (Å²) in [5.41, 5.74) is 3.74. The molecule has 2 nitrogen and oxygen atoms in total. The van der Waals surface area contributed by atoms with Gasteiger partial charge in [0.05, 0.1) is 0 Å². The first-order chi connectivity index (χ1) is 8.69. The van der Waals surface area contributed by atoms with Crippen LogP contribution in [0.4, 0.5) is 5.69 Å². The number of rotatable bonds is 5. The maximum Gasteiger partial charge on any atom is 0.0415 e. The van der Waals surface area contributed by atoms with Crippen molar-refractivity contribution in [2.75, 3.05) is 5.32 Å². The first kappa shape index (κ1) is 13.2. The Morgan fingerprint density at radius 2 is 2.11 bits per heavy atom. The highest BCUT2D eigenvalue weighted by molar-refractivity contribution is 9.10. The highest BCUT2D eigenvalue weighted by Gasteiger charge is 1.99. The number of hydrogen-bond acceptors (Lipinski definition) is 1. The fraction of sp³-hybridized carbons (Fsp3) is 0.333. The minimum atomic E-state index is 0.873. The summed E-state index contributed by atoms with van der Waals surface area (Å²) in [6, 6.07) is 8.52. The van der Waals surface area contributed by atoms with Crippen molar-refractivity contribution in [3.63, 3.8) is 0 Å². The van der Waals surface area contributed by atoms with E-state index in [2.05, 4.69) is 76.3 Å². The third-order valence-electron chi connectivity index (χ3n) is 2.95. The van der Waals surface area contributed by atoms with Crippen molar-refractivity contribution in [3.05, 3.63) is 52.3 Å². The standard InChI is InChI=1S/C15H19BrN2/c1-3-7-18-8-6-13(11-18)10-17-14-4-5-15(16)12(2)9-14/h4-6,8-9,11,17H,3,7,10H2,1-2H3. The Kier molecular flexibility index (Phi) is 4.48. The molecule has 3 heteroatoms. The van der Waals surface area contributed by atoms with Gasteiger partial charge in [0.2, 0.25) is 0 Å².